The van der Waals surface area contributed by atoms with Crippen molar-refractivity contribution in [3.05, 3.63) is 21.9 Å². The lowest BCUT2D eigenvalue weighted by Gasteiger charge is -2.13. The SMILES string of the molecule is COCCNC(=O)C(C)NCc1ccc(C(=O)O)s1. The fourth-order valence-electron chi connectivity index (χ4n) is 1.36. The number of methoxy groups -OCH3 is 1. The van der Waals surface area contributed by atoms with Gasteiger partial charge in [0.1, 0.15) is 4.88 Å². The Morgan fingerprint density at radius 3 is 2.79 bits per heavy atom. The highest BCUT2D eigenvalue weighted by Gasteiger charge is 2.12. The highest BCUT2D eigenvalue weighted by molar-refractivity contribution is 7.13. The average Bonchev–Trinajstić information content (AvgIpc) is 2.85. The molecule has 1 heterocycles. The van der Waals surface area contributed by atoms with Crippen molar-refractivity contribution in [2.45, 2.75) is 19.5 Å². The van der Waals surface area contributed by atoms with Crippen LogP contribution in [0.4, 0.5) is 0 Å². The number of carboxylic acids is 1. The fourth-order valence-corrected chi connectivity index (χ4v) is 2.16. The van der Waals surface area contributed by atoms with Crippen molar-refractivity contribution in [1.29, 1.82) is 0 Å². The molecule has 1 aromatic rings. The fraction of sp³-hybridized carbons (Fsp3) is 0.500. The summed E-state index contributed by atoms with van der Waals surface area (Å²) in [5.74, 6) is -1.03. The van der Waals surface area contributed by atoms with Crippen LogP contribution < -0.4 is 10.6 Å². The first-order valence-corrected chi connectivity index (χ1v) is 6.68. The third-order valence-corrected chi connectivity index (χ3v) is 3.53. The zero-order valence-corrected chi connectivity index (χ0v) is 11.8. The zero-order valence-electron chi connectivity index (χ0n) is 10.9. The molecule has 0 saturated heterocycles. The van der Waals surface area contributed by atoms with E-state index in [0.717, 1.165) is 4.88 Å². The average molecular weight is 286 g/mol. The van der Waals surface area contributed by atoms with E-state index in [1.54, 1.807) is 26.2 Å². The lowest BCUT2D eigenvalue weighted by atomic mass is 10.3. The lowest BCUT2D eigenvalue weighted by Crippen LogP contribution is -2.42. The minimum absolute atomic E-state index is 0.105. The van der Waals surface area contributed by atoms with Gasteiger partial charge in [-0.05, 0) is 19.1 Å². The van der Waals surface area contributed by atoms with Crippen molar-refractivity contribution < 1.29 is 19.4 Å². The number of nitrogens with one attached hydrogen (secondary N) is 2. The largest absolute Gasteiger partial charge is 0.477 e. The van der Waals surface area contributed by atoms with Gasteiger partial charge in [0, 0.05) is 25.1 Å². The van der Waals surface area contributed by atoms with E-state index < -0.39 is 5.97 Å². The number of hydrogen-bond acceptors (Lipinski definition) is 5. The molecule has 1 rings (SSSR count). The quantitative estimate of drug-likeness (QED) is 0.612. The molecule has 0 aliphatic heterocycles. The Balaban J connectivity index is 2.34. The van der Waals surface area contributed by atoms with Gasteiger partial charge in [0.25, 0.3) is 0 Å². The molecule has 106 valence electrons. The summed E-state index contributed by atoms with van der Waals surface area (Å²) in [6, 6.07) is 2.97. The molecule has 7 heteroatoms. The predicted molar refractivity (Wildman–Crippen MR) is 72.5 cm³/mol. The van der Waals surface area contributed by atoms with Gasteiger partial charge in [-0.15, -0.1) is 11.3 Å². The number of carbonyl (C=O) groups is 2. The molecule has 1 aromatic heterocycles. The molecule has 0 aliphatic carbocycles. The van der Waals surface area contributed by atoms with E-state index in [9.17, 15) is 9.59 Å². The number of thiophene rings is 1. The zero-order chi connectivity index (χ0) is 14.3. The number of ether oxygens (including phenoxy) is 1. The summed E-state index contributed by atoms with van der Waals surface area (Å²) in [5.41, 5.74) is 0. The molecule has 0 saturated carbocycles. The molecule has 0 radical (unpaired) electrons. The van der Waals surface area contributed by atoms with Crippen LogP contribution in [0, 0.1) is 0 Å². The maximum absolute atomic E-state index is 11.6. The van der Waals surface area contributed by atoms with Gasteiger partial charge < -0.3 is 20.5 Å². The van der Waals surface area contributed by atoms with E-state index in [1.807, 2.05) is 0 Å². The van der Waals surface area contributed by atoms with Crippen molar-refractivity contribution in [2.75, 3.05) is 20.3 Å². The van der Waals surface area contributed by atoms with Crippen LogP contribution in [0.25, 0.3) is 0 Å². The van der Waals surface area contributed by atoms with Crippen LogP contribution in [0.1, 0.15) is 21.5 Å². The molecule has 1 atom stereocenters. The number of carboxylic acid groups (broad SMARTS) is 1. The van der Waals surface area contributed by atoms with E-state index in [0.29, 0.717) is 24.6 Å². The summed E-state index contributed by atoms with van der Waals surface area (Å²) in [6.07, 6.45) is 0. The van der Waals surface area contributed by atoms with E-state index in [4.69, 9.17) is 9.84 Å². The Morgan fingerprint density at radius 2 is 2.21 bits per heavy atom. The summed E-state index contributed by atoms with van der Waals surface area (Å²) in [4.78, 5) is 23.5. The van der Waals surface area contributed by atoms with Crippen LogP contribution in [0.5, 0.6) is 0 Å². The summed E-state index contributed by atoms with van der Waals surface area (Å²) >= 11 is 1.20. The van der Waals surface area contributed by atoms with Crippen LogP contribution in [-0.4, -0.2) is 43.3 Å². The molecule has 0 fully saturated rings. The smallest absolute Gasteiger partial charge is 0.345 e. The summed E-state index contributed by atoms with van der Waals surface area (Å²) < 4.78 is 4.84. The monoisotopic (exact) mass is 286 g/mol. The highest BCUT2D eigenvalue weighted by atomic mass is 32.1. The topological polar surface area (TPSA) is 87.7 Å². The van der Waals surface area contributed by atoms with Gasteiger partial charge >= 0.3 is 5.97 Å². The first kappa shape index (κ1) is 15.6. The minimum Gasteiger partial charge on any atom is -0.477 e. The van der Waals surface area contributed by atoms with Crippen LogP contribution in [0.2, 0.25) is 0 Å². The van der Waals surface area contributed by atoms with E-state index in [1.165, 1.54) is 11.3 Å². The second-order valence-corrected chi connectivity index (χ2v) is 5.13. The molecule has 0 spiro atoms. The molecule has 0 bridgehead atoms. The second-order valence-electron chi connectivity index (χ2n) is 3.96. The van der Waals surface area contributed by atoms with E-state index in [-0.39, 0.29) is 11.9 Å². The van der Waals surface area contributed by atoms with Gasteiger partial charge in [0.15, 0.2) is 0 Å². The van der Waals surface area contributed by atoms with Gasteiger partial charge in [-0.3, -0.25) is 4.79 Å². The first-order valence-electron chi connectivity index (χ1n) is 5.86. The predicted octanol–water partition coefficient (Wildman–Crippen LogP) is 0.687. The van der Waals surface area contributed by atoms with Gasteiger partial charge in [-0.2, -0.15) is 0 Å². The maximum atomic E-state index is 11.6. The molecular formula is C12H18N2O4S. The summed E-state index contributed by atoms with van der Waals surface area (Å²) in [5, 5.41) is 14.6. The van der Waals surface area contributed by atoms with Crippen LogP contribution >= 0.6 is 11.3 Å². The van der Waals surface area contributed by atoms with Crippen molar-refractivity contribution >= 4 is 23.2 Å². The standard InChI is InChI=1S/C12H18N2O4S/c1-8(11(15)13-5-6-18-2)14-7-9-3-4-10(19-9)12(16)17/h3-4,8,14H,5-7H2,1-2H3,(H,13,15)(H,16,17). The Bertz CT molecular complexity index is 433. The Kier molecular flexibility index (Phi) is 6.48. The summed E-state index contributed by atoms with van der Waals surface area (Å²) in [6.45, 7) is 3.18. The molecule has 0 aliphatic rings. The molecule has 6 nitrogen and oxygen atoms in total. The Morgan fingerprint density at radius 1 is 1.47 bits per heavy atom. The van der Waals surface area contributed by atoms with Gasteiger partial charge in [-0.25, -0.2) is 4.79 Å². The number of aromatic carboxylic acids is 1. The number of rotatable bonds is 8. The van der Waals surface area contributed by atoms with E-state index in [2.05, 4.69) is 10.6 Å². The van der Waals surface area contributed by atoms with Crippen molar-refractivity contribution in [3.63, 3.8) is 0 Å². The van der Waals surface area contributed by atoms with E-state index >= 15 is 0 Å². The molecule has 3 N–H and O–H groups in total. The van der Waals surface area contributed by atoms with Crippen molar-refractivity contribution in [1.82, 2.24) is 10.6 Å². The summed E-state index contributed by atoms with van der Waals surface area (Å²) in [7, 11) is 1.57. The van der Waals surface area contributed by atoms with Crippen LogP contribution in [-0.2, 0) is 16.1 Å². The number of amides is 1. The van der Waals surface area contributed by atoms with Crippen LogP contribution in [0.15, 0.2) is 12.1 Å². The van der Waals surface area contributed by atoms with Crippen molar-refractivity contribution in [2.24, 2.45) is 0 Å². The molecule has 1 unspecified atom stereocenters. The second kappa shape index (κ2) is 7.88. The third kappa shape index (κ3) is 5.37. The Hall–Kier alpha value is -1.44. The van der Waals surface area contributed by atoms with Crippen LogP contribution in [0.3, 0.4) is 0 Å². The Labute approximate surface area is 115 Å². The molecular weight excluding hydrogens is 268 g/mol. The number of hydrogen-bond donors (Lipinski definition) is 3. The highest BCUT2D eigenvalue weighted by Crippen LogP contribution is 2.16. The molecule has 0 aromatic carbocycles. The molecule has 19 heavy (non-hydrogen) atoms. The number of carbonyl (C=O) groups excluding carboxylic acids is 1. The third-order valence-electron chi connectivity index (χ3n) is 2.45. The lowest BCUT2D eigenvalue weighted by molar-refractivity contribution is -0.122. The van der Waals surface area contributed by atoms with Gasteiger partial charge in [0.2, 0.25) is 5.91 Å². The normalized spacial score (nSPS) is 12.1. The minimum atomic E-state index is -0.929. The molecule has 1 amide bonds. The van der Waals surface area contributed by atoms with Gasteiger partial charge in [0.05, 0.1) is 12.6 Å². The maximum Gasteiger partial charge on any atom is 0.345 e. The van der Waals surface area contributed by atoms with Crippen molar-refractivity contribution in [3.8, 4) is 0 Å². The first-order chi connectivity index (χ1) is 9.04. The van der Waals surface area contributed by atoms with Gasteiger partial charge in [-0.1, -0.05) is 0 Å².